The summed E-state index contributed by atoms with van der Waals surface area (Å²) in [6.07, 6.45) is 5.98. The summed E-state index contributed by atoms with van der Waals surface area (Å²) >= 11 is 0. The quantitative estimate of drug-likeness (QED) is 0.358. The van der Waals surface area contributed by atoms with E-state index in [-0.39, 0.29) is 12.5 Å². The fraction of sp³-hybridized carbons (Fsp3) is 0.500. The maximum absolute atomic E-state index is 12.4. The molecule has 0 heterocycles. The number of carbonyl (C=O) groups is 4. The Labute approximate surface area is 163 Å². The Balaban J connectivity index is 3.04. The van der Waals surface area contributed by atoms with Gasteiger partial charge in [-0.15, -0.1) is 0 Å². The first-order valence-electron chi connectivity index (χ1n) is 9.28. The molecule has 0 saturated heterocycles. The second-order valence-electron chi connectivity index (χ2n) is 6.55. The van der Waals surface area contributed by atoms with Crippen LogP contribution in [0, 0.1) is 5.92 Å². The Morgan fingerprint density at radius 1 is 0.857 bits per heavy atom. The minimum atomic E-state index is -1.74. The molecular formula is C20H26O8. The average Bonchev–Trinajstić information content (AvgIpc) is 2.65. The Hall–Kier alpha value is -2.90. The monoisotopic (exact) mass is 394 g/mol. The van der Waals surface area contributed by atoms with Gasteiger partial charge in [-0.3, -0.25) is 0 Å². The minimum Gasteiger partial charge on any atom is -0.478 e. The second-order valence-corrected chi connectivity index (χ2v) is 6.55. The Morgan fingerprint density at radius 2 is 1.43 bits per heavy atom. The molecule has 28 heavy (non-hydrogen) atoms. The van der Waals surface area contributed by atoms with Gasteiger partial charge in [0.25, 0.3) is 0 Å². The van der Waals surface area contributed by atoms with Crippen molar-refractivity contribution in [2.24, 2.45) is 5.92 Å². The van der Waals surface area contributed by atoms with Gasteiger partial charge < -0.3 is 20.1 Å². The average molecular weight is 394 g/mol. The lowest BCUT2D eigenvalue weighted by Crippen LogP contribution is -2.21. The molecule has 3 N–H and O–H groups in total. The van der Waals surface area contributed by atoms with Crippen LogP contribution in [0.1, 0.15) is 93.8 Å². The van der Waals surface area contributed by atoms with Crippen LogP contribution in [0.25, 0.3) is 0 Å². The van der Waals surface area contributed by atoms with Crippen molar-refractivity contribution in [3.8, 4) is 0 Å². The van der Waals surface area contributed by atoms with Crippen LogP contribution in [0.3, 0.4) is 0 Å². The Morgan fingerprint density at radius 3 is 1.93 bits per heavy atom. The molecule has 154 valence electrons. The zero-order valence-corrected chi connectivity index (χ0v) is 16.1. The molecule has 0 aliphatic carbocycles. The molecule has 0 saturated carbocycles. The van der Waals surface area contributed by atoms with Crippen molar-refractivity contribution in [2.75, 3.05) is 6.61 Å². The van der Waals surface area contributed by atoms with Gasteiger partial charge in [-0.25, -0.2) is 19.2 Å². The third-order valence-electron chi connectivity index (χ3n) is 4.58. The normalized spacial score (nSPS) is 11.6. The van der Waals surface area contributed by atoms with Crippen LogP contribution in [-0.2, 0) is 4.74 Å². The summed E-state index contributed by atoms with van der Waals surface area (Å²) in [5.74, 6) is -5.92. The number of carbonyl (C=O) groups excluding carboxylic acids is 1. The van der Waals surface area contributed by atoms with Gasteiger partial charge in [0.2, 0.25) is 0 Å². The largest absolute Gasteiger partial charge is 0.478 e. The number of benzene rings is 1. The molecule has 0 spiro atoms. The number of unbranched alkanes of at least 4 members (excludes halogenated alkanes) is 3. The highest BCUT2D eigenvalue weighted by atomic mass is 16.5. The van der Waals surface area contributed by atoms with Crippen LogP contribution in [0.5, 0.6) is 0 Å². The summed E-state index contributed by atoms with van der Waals surface area (Å²) in [5, 5.41) is 27.8. The molecule has 0 amide bonds. The van der Waals surface area contributed by atoms with Gasteiger partial charge >= 0.3 is 23.9 Å². The van der Waals surface area contributed by atoms with Gasteiger partial charge in [0.1, 0.15) is 0 Å². The van der Waals surface area contributed by atoms with Crippen LogP contribution < -0.4 is 0 Å². The third-order valence-corrected chi connectivity index (χ3v) is 4.58. The van der Waals surface area contributed by atoms with Crippen LogP contribution >= 0.6 is 0 Å². The van der Waals surface area contributed by atoms with Crippen molar-refractivity contribution < 1.29 is 39.2 Å². The molecule has 8 heteroatoms. The molecule has 8 nitrogen and oxygen atoms in total. The molecule has 1 atom stereocenters. The summed E-state index contributed by atoms with van der Waals surface area (Å²) in [7, 11) is 0. The van der Waals surface area contributed by atoms with Gasteiger partial charge in [0.15, 0.2) is 0 Å². The van der Waals surface area contributed by atoms with Crippen molar-refractivity contribution in [3.05, 3.63) is 34.4 Å². The van der Waals surface area contributed by atoms with Crippen molar-refractivity contribution >= 4 is 23.9 Å². The molecular weight excluding hydrogens is 368 g/mol. The van der Waals surface area contributed by atoms with E-state index >= 15 is 0 Å². The fourth-order valence-electron chi connectivity index (χ4n) is 2.93. The Kier molecular flexibility index (Phi) is 9.14. The smallest absolute Gasteiger partial charge is 0.339 e. The van der Waals surface area contributed by atoms with Crippen molar-refractivity contribution in [2.45, 2.75) is 52.4 Å². The first-order chi connectivity index (χ1) is 13.2. The number of hydrogen-bond donors (Lipinski definition) is 3. The van der Waals surface area contributed by atoms with Crippen LogP contribution in [-0.4, -0.2) is 45.8 Å². The van der Waals surface area contributed by atoms with E-state index < -0.39 is 46.1 Å². The van der Waals surface area contributed by atoms with Crippen molar-refractivity contribution in [1.82, 2.24) is 0 Å². The lowest BCUT2D eigenvalue weighted by atomic mass is 9.95. The van der Waals surface area contributed by atoms with Gasteiger partial charge in [-0.1, -0.05) is 46.0 Å². The molecule has 1 rings (SSSR count). The van der Waals surface area contributed by atoms with E-state index in [1.165, 1.54) is 0 Å². The summed E-state index contributed by atoms with van der Waals surface area (Å²) < 4.78 is 5.22. The minimum absolute atomic E-state index is 0.0869. The number of aromatic carboxylic acids is 3. The molecule has 0 radical (unpaired) electrons. The van der Waals surface area contributed by atoms with E-state index in [0.717, 1.165) is 50.7 Å². The molecule has 0 bridgehead atoms. The first kappa shape index (κ1) is 23.1. The van der Waals surface area contributed by atoms with Crippen molar-refractivity contribution in [3.63, 3.8) is 0 Å². The zero-order valence-electron chi connectivity index (χ0n) is 16.1. The van der Waals surface area contributed by atoms with Crippen molar-refractivity contribution in [1.29, 1.82) is 0 Å². The molecule has 0 aliphatic rings. The first-order valence-corrected chi connectivity index (χ1v) is 9.28. The van der Waals surface area contributed by atoms with Gasteiger partial charge in [-0.2, -0.15) is 0 Å². The van der Waals surface area contributed by atoms with Crippen LogP contribution in [0.4, 0.5) is 0 Å². The molecule has 0 aliphatic heterocycles. The highest BCUT2D eigenvalue weighted by Gasteiger charge is 2.30. The number of carboxylic acid groups (broad SMARTS) is 3. The maximum Gasteiger partial charge on any atom is 0.339 e. The van der Waals surface area contributed by atoms with E-state index in [1.54, 1.807) is 0 Å². The molecule has 1 aromatic rings. The number of esters is 1. The van der Waals surface area contributed by atoms with E-state index in [4.69, 9.17) is 9.84 Å². The summed E-state index contributed by atoms with van der Waals surface area (Å²) in [6, 6.07) is 1.88. The predicted octanol–water partition coefficient (Wildman–Crippen LogP) is 3.93. The van der Waals surface area contributed by atoms with Gasteiger partial charge in [-0.05, 0) is 24.5 Å². The summed E-state index contributed by atoms with van der Waals surface area (Å²) in [6.45, 7) is 4.16. The number of ether oxygens (including phenoxy) is 1. The summed E-state index contributed by atoms with van der Waals surface area (Å²) in [5.41, 5.74) is -3.01. The Bertz CT molecular complexity index is 738. The number of rotatable bonds is 12. The predicted molar refractivity (Wildman–Crippen MR) is 100 cm³/mol. The van der Waals surface area contributed by atoms with E-state index in [2.05, 4.69) is 6.92 Å². The van der Waals surface area contributed by atoms with E-state index in [1.807, 2.05) is 6.92 Å². The molecule has 0 aromatic heterocycles. The van der Waals surface area contributed by atoms with Crippen LogP contribution in [0.2, 0.25) is 0 Å². The van der Waals surface area contributed by atoms with Gasteiger partial charge in [0, 0.05) is 0 Å². The summed E-state index contributed by atoms with van der Waals surface area (Å²) in [4.78, 5) is 46.6. The highest BCUT2D eigenvalue weighted by Crippen LogP contribution is 2.22. The molecule has 1 aromatic carbocycles. The maximum atomic E-state index is 12.4. The second kappa shape index (κ2) is 11.1. The number of carboxylic acids is 3. The SMILES string of the molecule is CCCCCCC(CC)COC(=O)c1ccc(C(=O)O)c(C(=O)O)c1C(=O)O. The lowest BCUT2D eigenvalue weighted by molar-refractivity contribution is 0.0419. The standard InChI is InChI=1S/C20H26O8/c1-3-5-6-7-8-12(4-2)11-28-20(27)14-10-9-13(17(21)22)15(18(23)24)16(14)19(25)26/h9-10,12H,3-8,11H2,1-2H3,(H,21,22)(H,23,24)(H,25,26). The van der Waals surface area contributed by atoms with E-state index in [9.17, 15) is 29.4 Å². The third kappa shape index (κ3) is 6.07. The lowest BCUT2D eigenvalue weighted by Gasteiger charge is -2.16. The molecule has 0 fully saturated rings. The van der Waals surface area contributed by atoms with Crippen LogP contribution in [0.15, 0.2) is 12.1 Å². The molecule has 1 unspecified atom stereocenters. The fourth-order valence-corrected chi connectivity index (χ4v) is 2.93. The topological polar surface area (TPSA) is 138 Å². The number of hydrogen-bond acceptors (Lipinski definition) is 5. The van der Waals surface area contributed by atoms with E-state index in [0.29, 0.717) is 0 Å². The highest BCUT2D eigenvalue weighted by molar-refractivity contribution is 6.14. The zero-order chi connectivity index (χ0) is 21.3. The van der Waals surface area contributed by atoms with Gasteiger partial charge in [0.05, 0.1) is 28.9 Å².